The van der Waals surface area contributed by atoms with Crippen LogP contribution in [0.4, 0.5) is 0 Å². The minimum Gasteiger partial charge on any atom is -0.459 e. The highest BCUT2D eigenvalue weighted by Gasteiger charge is 2.58. The highest BCUT2D eigenvalue weighted by molar-refractivity contribution is 5.93. The number of esters is 7. The van der Waals surface area contributed by atoms with Crippen molar-refractivity contribution in [2.75, 3.05) is 13.2 Å². The highest BCUT2D eigenvalue weighted by atomic mass is 16.8. The van der Waals surface area contributed by atoms with Gasteiger partial charge in [0.15, 0.2) is 43.1 Å². The molecule has 18 nitrogen and oxygen atoms in total. The number of aliphatic hydroxyl groups is 1. The van der Waals surface area contributed by atoms with Crippen molar-refractivity contribution >= 4 is 41.8 Å². The molecule has 7 aromatic rings. The molecule has 1 N–H and O–H groups in total. The van der Waals surface area contributed by atoms with Crippen LogP contribution in [0.2, 0.25) is 0 Å². The Kier molecular flexibility index (Phi) is 18.0. The van der Waals surface area contributed by atoms with Crippen molar-refractivity contribution in [1.82, 2.24) is 0 Å². The van der Waals surface area contributed by atoms with E-state index >= 15 is 0 Å². The van der Waals surface area contributed by atoms with E-state index in [1.165, 1.54) is 84.9 Å². The number of carbonyl (C=O) groups is 7. The Morgan fingerprint density at radius 2 is 0.557 bits per heavy atom. The molecule has 7 aromatic carbocycles. The molecular weight excluding hydrogens is 1020 g/mol. The SMILES string of the molecule is O=C(OC[C@H]1O[C@@H](O[C@H]2[C@H](OC(=O)c3ccccc3)[C@@H](OC(=O)c3ccccc3)[C@H](O)O[C@@H]2COC(=O)c2ccccc2)[C@H](OC(=O)c2ccccc2)[C@@H](OC(=O)c2ccccc2)[C@H]1OC(=O)c1ccccc1)c1ccccc1. The summed E-state index contributed by atoms with van der Waals surface area (Å²) in [6, 6.07) is 54.1. The van der Waals surface area contributed by atoms with Crippen molar-refractivity contribution in [2.45, 2.75) is 61.4 Å². The number of aliphatic hydroxyl groups excluding tert-OH is 1. The van der Waals surface area contributed by atoms with Crippen LogP contribution in [0.15, 0.2) is 212 Å². The zero-order valence-electron chi connectivity index (χ0n) is 41.8. The Bertz CT molecular complexity index is 3170. The second-order valence-corrected chi connectivity index (χ2v) is 17.8. The van der Waals surface area contributed by atoms with E-state index in [4.69, 9.17) is 47.4 Å². The van der Waals surface area contributed by atoms with Crippen molar-refractivity contribution in [1.29, 1.82) is 0 Å². The molecule has 79 heavy (non-hydrogen) atoms. The molecule has 0 radical (unpaired) electrons. The molecule has 0 bridgehead atoms. The lowest BCUT2D eigenvalue weighted by molar-refractivity contribution is -0.352. The average molecular weight is 1070 g/mol. The fraction of sp³-hybridized carbons (Fsp3) is 0.197. The lowest BCUT2D eigenvalue weighted by Crippen LogP contribution is -2.67. The zero-order valence-corrected chi connectivity index (χ0v) is 41.8. The number of rotatable bonds is 18. The van der Waals surface area contributed by atoms with Gasteiger partial charge < -0.3 is 52.5 Å². The van der Waals surface area contributed by atoms with Gasteiger partial charge in [-0.25, -0.2) is 33.6 Å². The monoisotopic (exact) mass is 1070 g/mol. The van der Waals surface area contributed by atoms with E-state index in [-0.39, 0.29) is 38.9 Å². The quantitative estimate of drug-likeness (QED) is 0.0642. The zero-order chi connectivity index (χ0) is 55.1. The van der Waals surface area contributed by atoms with Crippen LogP contribution in [-0.4, -0.2) is 122 Å². The molecule has 18 heteroatoms. The van der Waals surface area contributed by atoms with Crippen LogP contribution in [0.5, 0.6) is 0 Å². The van der Waals surface area contributed by atoms with Gasteiger partial charge in [0.2, 0.25) is 0 Å². The first-order valence-electron chi connectivity index (χ1n) is 24.9. The lowest BCUT2D eigenvalue weighted by Gasteiger charge is -2.48. The summed E-state index contributed by atoms with van der Waals surface area (Å²) >= 11 is 0. The minimum atomic E-state index is -2.12. The Hall–Kier alpha value is -9.33. The van der Waals surface area contributed by atoms with Gasteiger partial charge in [0.1, 0.15) is 31.5 Å². The van der Waals surface area contributed by atoms with Gasteiger partial charge in [0.25, 0.3) is 0 Å². The third kappa shape index (κ3) is 13.8. The minimum absolute atomic E-state index is 0.00210. The van der Waals surface area contributed by atoms with Crippen LogP contribution in [-0.2, 0) is 47.4 Å². The Balaban J connectivity index is 1.18. The molecule has 0 spiro atoms. The topological polar surface area (TPSA) is 232 Å². The van der Waals surface area contributed by atoms with E-state index in [1.54, 1.807) is 127 Å². The predicted molar refractivity (Wildman–Crippen MR) is 276 cm³/mol. The van der Waals surface area contributed by atoms with Crippen LogP contribution >= 0.6 is 0 Å². The van der Waals surface area contributed by atoms with Gasteiger partial charge in [-0.1, -0.05) is 127 Å². The van der Waals surface area contributed by atoms with E-state index in [0.29, 0.717) is 0 Å². The van der Waals surface area contributed by atoms with Crippen molar-refractivity contribution in [3.63, 3.8) is 0 Å². The molecule has 10 atom stereocenters. The summed E-state index contributed by atoms with van der Waals surface area (Å²) in [5.41, 5.74) is 0.298. The number of ether oxygens (including phenoxy) is 10. The molecule has 402 valence electrons. The fourth-order valence-electron chi connectivity index (χ4n) is 8.59. The predicted octanol–water partition coefficient (Wildman–Crippen LogP) is 7.66. The Morgan fingerprint density at radius 1 is 0.304 bits per heavy atom. The fourth-order valence-corrected chi connectivity index (χ4v) is 8.59. The number of hydrogen-bond acceptors (Lipinski definition) is 18. The molecule has 2 heterocycles. The van der Waals surface area contributed by atoms with E-state index in [1.807, 2.05) is 0 Å². The summed E-state index contributed by atoms with van der Waals surface area (Å²) < 4.78 is 62.0. The molecule has 2 fully saturated rings. The smallest absolute Gasteiger partial charge is 0.338 e. The average Bonchev–Trinajstić information content (AvgIpc) is 3.60. The summed E-state index contributed by atoms with van der Waals surface area (Å²) in [7, 11) is 0. The molecule has 0 amide bonds. The van der Waals surface area contributed by atoms with Gasteiger partial charge in [-0.05, 0) is 84.9 Å². The summed E-state index contributed by atoms with van der Waals surface area (Å²) in [5.74, 6) is -6.72. The lowest BCUT2D eigenvalue weighted by atomic mass is 9.95. The standard InChI is InChI=1S/C61H50O18/c62-53(38-22-8-1-9-23-38)70-36-45-48(49(75-56(65)41-28-14-4-15-29-41)51(60(69)72-45)77-58(67)43-32-18-6-19-33-43)79-61-52(78-59(68)44-34-20-7-21-35-44)50(76-57(66)42-30-16-5-17-31-42)47(74-55(64)40-26-12-3-13-27-40)46(73-61)37-71-54(63)39-24-10-2-11-25-39/h1-35,45-52,60-61,69H,36-37H2/t45-,46-,47+,48-,49+,50+,51-,52-,60-,61+/m1/s1. The van der Waals surface area contributed by atoms with Crippen molar-refractivity contribution in [3.05, 3.63) is 251 Å². The third-order valence-electron chi connectivity index (χ3n) is 12.5. The first-order chi connectivity index (χ1) is 38.5. The van der Waals surface area contributed by atoms with Gasteiger partial charge in [-0.15, -0.1) is 0 Å². The summed E-state index contributed by atoms with van der Waals surface area (Å²) in [4.78, 5) is 98.6. The highest BCUT2D eigenvalue weighted by Crippen LogP contribution is 2.36. The van der Waals surface area contributed by atoms with Gasteiger partial charge in [0.05, 0.1) is 38.9 Å². The van der Waals surface area contributed by atoms with Crippen molar-refractivity contribution < 1.29 is 86.0 Å². The van der Waals surface area contributed by atoms with Crippen LogP contribution in [0.1, 0.15) is 72.5 Å². The van der Waals surface area contributed by atoms with Crippen LogP contribution in [0.3, 0.4) is 0 Å². The molecule has 0 saturated carbocycles. The molecule has 0 aliphatic carbocycles. The van der Waals surface area contributed by atoms with Gasteiger partial charge >= 0.3 is 41.8 Å². The summed E-state index contributed by atoms with van der Waals surface area (Å²) in [5, 5.41) is 11.9. The number of hydrogen-bond donors (Lipinski definition) is 1. The third-order valence-corrected chi connectivity index (χ3v) is 12.5. The molecule has 2 aliphatic heterocycles. The van der Waals surface area contributed by atoms with E-state index in [9.17, 15) is 38.7 Å². The Morgan fingerprint density at radius 3 is 0.886 bits per heavy atom. The summed E-state index contributed by atoms with van der Waals surface area (Å²) in [6.07, 6.45) is -19.0. The van der Waals surface area contributed by atoms with Gasteiger partial charge in [-0.2, -0.15) is 0 Å². The van der Waals surface area contributed by atoms with Crippen LogP contribution in [0.25, 0.3) is 0 Å². The van der Waals surface area contributed by atoms with Crippen LogP contribution < -0.4 is 0 Å². The number of carbonyl (C=O) groups excluding carboxylic acids is 7. The maximum absolute atomic E-state index is 14.5. The molecule has 2 saturated heterocycles. The van der Waals surface area contributed by atoms with Crippen molar-refractivity contribution in [3.8, 4) is 0 Å². The first kappa shape index (κ1) is 54.5. The van der Waals surface area contributed by atoms with Crippen molar-refractivity contribution in [2.24, 2.45) is 0 Å². The van der Waals surface area contributed by atoms with E-state index in [0.717, 1.165) is 0 Å². The van der Waals surface area contributed by atoms with E-state index < -0.39 is 116 Å². The molecule has 2 aliphatic rings. The first-order valence-corrected chi connectivity index (χ1v) is 24.9. The number of benzene rings is 7. The molecule has 9 rings (SSSR count). The maximum Gasteiger partial charge on any atom is 0.338 e. The molecule has 0 unspecified atom stereocenters. The molecule has 0 aromatic heterocycles. The van der Waals surface area contributed by atoms with Gasteiger partial charge in [-0.3, -0.25) is 0 Å². The molecular formula is C61H50O18. The van der Waals surface area contributed by atoms with E-state index in [2.05, 4.69) is 0 Å². The Labute approximate surface area is 452 Å². The second-order valence-electron chi connectivity index (χ2n) is 17.8. The largest absolute Gasteiger partial charge is 0.459 e. The van der Waals surface area contributed by atoms with Gasteiger partial charge in [0, 0.05) is 0 Å². The summed E-state index contributed by atoms with van der Waals surface area (Å²) in [6.45, 7) is -1.50. The van der Waals surface area contributed by atoms with Crippen LogP contribution in [0, 0.1) is 0 Å². The normalized spacial score (nSPS) is 22.4. The second kappa shape index (κ2) is 26.1. The maximum atomic E-state index is 14.5.